The minimum atomic E-state index is 0. The molecule has 1 amide bonds. The van der Waals surface area contributed by atoms with Crippen molar-refractivity contribution in [2.45, 2.75) is 26.8 Å². The van der Waals surface area contributed by atoms with Gasteiger partial charge in [-0.15, -0.1) is 24.0 Å². The van der Waals surface area contributed by atoms with E-state index in [1.807, 2.05) is 42.2 Å². The van der Waals surface area contributed by atoms with E-state index >= 15 is 0 Å². The van der Waals surface area contributed by atoms with Crippen LogP contribution in [0.4, 0.5) is 0 Å². The number of carbonyl (C=O) groups excluding carboxylic acids is 1. The molecule has 0 aliphatic rings. The zero-order valence-corrected chi connectivity index (χ0v) is 20.8. The van der Waals surface area contributed by atoms with E-state index in [0.717, 1.165) is 24.0 Å². The first kappa shape index (κ1) is 24.7. The third-order valence-electron chi connectivity index (χ3n) is 5.19. The molecule has 3 aromatic rings. The second kappa shape index (κ2) is 12.3. The Hall–Kier alpha value is -2.55. The standard InChI is InChI=1S/C24H31N5O.HI/c1-4-29(17-19-8-6-5-7-9-19)23(30)16-28-24(25-3)26-13-12-20-15-27-22-14-18(2)10-11-21(20)22;/h5-11,14-15,27H,4,12-13,16-17H2,1-3H3,(H2,25,26,28);1H. The number of amides is 1. The summed E-state index contributed by atoms with van der Waals surface area (Å²) >= 11 is 0. The van der Waals surface area contributed by atoms with Crippen molar-refractivity contribution in [1.29, 1.82) is 0 Å². The van der Waals surface area contributed by atoms with Crippen LogP contribution < -0.4 is 10.6 Å². The summed E-state index contributed by atoms with van der Waals surface area (Å²) in [6.45, 7) is 6.32. The van der Waals surface area contributed by atoms with Gasteiger partial charge in [-0.25, -0.2) is 0 Å². The number of aromatic amines is 1. The first-order chi connectivity index (χ1) is 14.6. The lowest BCUT2D eigenvalue weighted by molar-refractivity contribution is -0.130. The van der Waals surface area contributed by atoms with Crippen molar-refractivity contribution >= 4 is 46.7 Å². The molecule has 166 valence electrons. The monoisotopic (exact) mass is 533 g/mol. The van der Waals surface area contributed by atoms with Crippen molar-refractivity contribution in [3.05, 3.63) is 71.4 Å². The lowest BCUT2D eigenvalue weighted by atomic mass is 10.1. The van der Waals surface area contributed by atoms with Crippen molar-refractivity contribution in [2.24, 2.45) is 4.99 Å². The van der Waals surface area contributed by atoms with Crippen LogP contribution in [0.15, 0.2) is 59.7 Å². The first-order valence-corrected chi connectivity index (χ1v) is 10.4. The molecule has 0 saturated heterocycles. The van der Waals surface area contributed by atoms with Gasteiger partial charge in [0.05, 0.1) is 6.54 Å². The number of rotatable bonds is 8. The summed E-state index contributed by atoms with van der Waals surface area (Å²) < 4.78 is 0. The van der Waals surface area contributed by atoms with Gasteiger partial charge in [0.1, 0.15) is 0 Å². The Kier molecular flexibility index (Phi) is 9.84. The maximum Gasteiger partial charge on any atom is 0.242 e. The Bertz CT molecular complexity index is 1000. The Morgan fingerprint density at radius 1 is 1.13 bits per heavy atom. The Labute approximate surface area is 201 Å². The summed E-state index contributed by atoms with van der Waals surface area (Å²) in [5.41, 5.74) is 4.81. The molecule has 0 atom stereocenters. The van der Waals surface area contributed by atoms with Gasteiger partial charge in [-0.05, 0) is 43.0 Å². The van der Waals surface area contributed by atoms with Crippen molar-refractivity contribution in [1.82, 2.24) is 20.5 Å². The van der Waals surface area contributed by atoms with Crippen LogP contribution in [-0.4, -0.2) is 48.4 Å². The molecule has 31 heavy (non-hydrogen) atoms. The average Bonchev–Trinajstić information content (AvgIpc) is 3.16. The second-order valence-corrected chi connectivity index (χ2v) is 7.36. The highest BCUT2D eigenvalue weighted by molar-refractivity contribution is 14.0. The van der Waals surface area contributed by atoms with Gasteiger partial charge < -0.3 is 20.5 Å². The van der Waals surface area contributed by atoms with E-state index < -0.39 is 0 Å². The zero-order chi connectivity index (χ0) is 21.3. The van der Waals surface area contributed by atoms with E-state index in [-0.39, 0.29) is 36.4 Å². The molecule has 1 heterocycles. The van der Waals surface area contributed by atoms with E-state index in [0.29, 0.717) is 19.0 Å². The molecule has 3 rings (SSSR count). The third-order valence-corrected chi connectivity index (χ3v) is 5.19. The molecule has 7 heteroatoms. The molecule has 0 spiro atoms. The van der Waals surface area contributed by atoms with Crippen LogP contribution in [0.5, 0.6) is 0 Å². The van der Waals surface area contributed by atoms with Gasteiger partial charge >= 0.3 is 0 Å². The number of nitrogens with one attached hydrogen (secondary N) is 3. The lowest BCUT2D eigenvalue weighted by Crippen LogP contribution is -2.44. The number of guanidine groups is 1. The smallest absolute Gasteiger partial charge is 0.242 e. The Morgan fingerprint density at radius 3 is 2.61 bits per heavy atom. The van der Waals surface area contributed by atoms with Crippen LogP contribution in [0.2, 0.25) is 0 Å². The number of nitrogens with zero attached hydrogens (tertiary/aromatic N) is 2. The number of benzene rings is 2. The van der Waals surface area contributed by atoms with Crippen LogP contribution >= 0.6 is 24.0 Å². The highest BCUT2D eigenvalue weighted by atomic mass is 127. The number of aliphatic imine (C=N–C) groups is 1. The normalized spacial score (nSPS) is 11.1. The number of fused-ring (bicyclic) bond motifs is 1. The van der Waals surface area contributed by atoms with Gasteiger partial charge in [0.15, 0.2) is 5.96 Å². The largest absolute Gasteiger partial charge is 0.361 e. The molecule has 0 fully saturated rings. The van der Waals surface area contributed by atoms with Crippen LogP contribution in [-0.2, 0) is 17.8 Å². The molecular weight excluding hydrogens is 501 g/mol. The van der Waals surface area contributed by atoms with Crippen LogP contribution in [0.1, 0.15) is 23.6 Å². The van der Waals surface area contributed by atoms with Gasteiger partial charge in [0.25, 0.3) is 0 Å². The van der Waals surface area contributed by atoms with E-state index in [1.54, 1.807) is 7.05 Å². The highest BCUT2D eigenvalue weighted by Crippen LogP contribution is 2.19. The van der Waals surface area contributed by atoms with Crippen molar-refractivity contribution < 1.29 is 4.79 Å². The number of H-pyrrole nitrogens is 1. The van der Waals surface area contributed by atoms with Crippen molar-refractivity contribution in [3.63, 3.8) is 0 Å². The van der Waals surface area contributed by atoms with Crippen LogP contribution in [0, 0.1) is 6.92 Å². The second-order valence-electron chi connectivity index (χ2n) is 7.36. The summed E-state index contributed by atoms with van der Waals surface area (Å²) in [5, 5.41) is 7.68. The van der Waals surface area contributed by atoms with Gasteiger partial charge in [-0.3, -0.25) is 9.79 Å². The first-order valence-electron chi connectivity index (χ1n) is 10.4. The van der Waals surface area contributed by atoms with E-state index in [4.69, 9.17) is 0 Å². The number of likely N-dealkylation sites (N-methyl/N-ethyl adjacent to an activating group) is 1. The van der Waals surface area contributed by atoms with E-state index in [2.05, 4.69) is 51.9 Å². The predicted molar refractivity (Wildman–Crippen MR) is 139 cm³/mol. The molecule has 0 aliphatic heterocycles. The number of aromatic nitrogens is 1. The van der Waals surface area contributed by atoms with Gasteiger partial charge in [-0.2, -0.15) is 0 Å². The van der Waals surface area contributed by atoms with E-state index in [1.165, 1.54) is 16.5 Å². The van der Waals surface area contributed by atoms with Gasteiger partial charge in [0.2, 0.25) is 5.91 Å². The molecule has 0 bridgehead atoms. The number of carbonyl (C=O) groups is 1. The number of aryl methyl sites for hydroxylation is 1. The molecule has 6 nitrogen and oxygen atoms in total. The molecule has 0 unspecified atom stereocenters. The minimum Gasteiger partial charge on any atom is -0.361 e. The van der Waals surface area contributed by atoms with Crippen molar-refractivity contribution in [3.8, 4) is 0 Å². The summed E-state index contributed by atoms with van der Waals surface area (Å²) in [7, 11) is 1.72. The summed E-state index contributed by atoms with van der Waals surface area (Å²) in [5.74, 6) is 0.686. The van der Waals surface area contributed by atoms with Gasteiger partial charge in [0, 0.05) is 43.8 Å². The van der Waals surface area contributed by atoms with Crippen LogP contribution in [0.3, 0.4) is 0 Å². The molecular formula is C24H32IN5O. The fraction of sp³-hybridized carbons (Fsp3) is 0.333. The maximum absolute atomic E-state index is 12.6. The molecule has 2 aromatic carbocycles. The molecule has 0 saturated carbocycles. The van der Waals surface area contributed by atoms with Crippen molar-refractivity contribution in [2.75, 3.05) is 26.7 Å². The molecule has 0 radical (unpaired) electrons. The number of halogens is 1. The fourth-order valence-corrected chi connectivity index (χ4v) is 3.49. The third kappa shape index (κ3) is 6.99. The molecule has 3 N–H and O–H groups in total. The lowest BCUT2D eigenvalue weighted by Gasteiger charge is -2.22. The number of hydrogen-bond donors (Lipinski definition) is 3. The zero-order valence-electron chi connectivity index (χ0n) is 18.4. The quantitative estimate of drug-likeness (QED) is 0.234. The predicted octanol–water partition coefficient (Wildman–Crippen LogP) is 3.85. The average molecular weight is 533 g/mol. The van der Waals surface area contributed by atoms with Gasteiger partial charge in [-0.1, -0.05) is 42.5 Å². The fourth-order valence-electron chi connectivity index (χ4n) is 3.49. The van der Waals surface area contributed by atoms with Crippen LogP contribution in [0.25, 0.3) is 10.9 Å². The summed E-state index contributed by atoms with van der Waals surface area (Å²) in [4.78, 5) is 22.0. The summed E-state index contributed by atoms with van der Waals surface area (Å²) in [6.07, 6.45) is 2.93. The summed E-state index contributed by atoms with van der Waals surface area (Å²) in [6, 6.07) is 16.5. The Morgan fingerprint density at radius 2 is 1.90 bits per heavy atom. The van der Waals surface area contributed by atoms with E-state index in [9.17, 15) is 4.79 Å². The topological polar surface area (TPSA) is 72.5 Å². The minimum absolute atomic E-state index is 0. The molecule has 0 aliphatic carbocycles. The highest BCUT2D eigenvalue weighted by Gasteiger charge is 2.12. The SMILES string of the molecule is CCN(Cc1ccccc1)C(=O)CNC(=NC)NCCc1c[nH]c2cc(C)ccc12.I. The maximum atomic E-state index is 12.6. The Balaban J connectivity index is 0.00000341. The molecule has 1 aromatic heterocycles. The number of hydrogen-bond acceptors (Lipinski definition) is 2.